The van der Waals surface area contributed by atoms with Crippen LogP contribution in [0, 0.1) is 0 Å². The van der Waals surface area contributed by atoms with Gasteiger partial charge >= 0.3 is 0 Å². The second-order valence-electron chi connectivity index (χ2n) is 7.11. The van der Waals surface area contributed by atoms with Crippen molar-refractivity contribution in [3.8, 4) is 11.3 Å². The number of carbonyl (C=O) groups is 1. The molecule has 150 valence electrons. The summed E-state index contributed by atoms with van der Waals surface area (Å²) in [5.41, 5.74) is 1.07. The summed E-state index contributed by atoms with van der Waals surface area (Å²) in [4.78, 5) is 21.0. The van der Waals surface area contributed by atoms with E-state index in [1.807, 2.05) is 65.6 Å². The molecule has 0 saturated carbocycles. The predicted octanol–water partition coefficient (Wildman–Crippen LogP) is 3.17. The molecular weight excluding hydrogens is 364 g/mol. The smallest absolute Gasteiger partial charge is 0.223 e. The summed E-state index contributed by atoms with van der Waals surface area (Å²) < 4.78 is 5.88. The molecule has 1 saturated heterocycles. The highest BCUT2D eigenvalue weighted by Crippen LogP contribution is 2.21. The Labute approximate surface area is 171 Å². The molecule has 0 spiro atoms. The number of aromatic nitrogens is 1. The van der Waals surface area contributed by atoms with Crippen LogP contribution in [-0.4, -0.2) is 48.5 Å². The van der Waals surface area contributed by atoms with Crippen LogP contribution in [-0.2, 0) is 11.3 Å². The van der Waals surface area contributed by atoms with Crippen LogP contribution in [0.4, 0.5) is 5.82 Å². The van der Waals surface area contributed by atoms with Gasteiger partial charge in [0.1, 0.15) is 17.3 Å². The van der Waals surface area contributed by atoms with Crippen molar-refractivity contribution in [2.24, 2.45) is 0 Å². The molecule has 1 aliphatic heterocycles. The summed E-state index contributed by atoms with van der Waals surface area (Å²) in [7, 11) is 0. The molecule has 1 aliphatic rings. The molecule has 4 rings (SSSR count). The summed E-state index contributed by atoms with van der Waals surface area (Å²) in [6, 6.07) is 19.9. The lowest BCUT2D eigenvalue weighted by Crippen LogP contribution is -2.49. The largest absolute Gasteiger partial charge is 0.460 e. The molecule has 3 aromatic rings. The summed E-state index contributed by atoms with van der Waals surface area (Å²) >= 11 is 0. The van der Waals surface area contributed by atoms with E-state index < -0.39 is 0 Å². The van der Waals surface area contributed by atoms with Crippen LogP contribution in [0.15, 0.2) is 71.3 Å². The maximum atomic E-state index is 12.5. The number of piperazine rings is 1. The van der Waals surface area contributed by atoms with Gasteiger partial charge in [0, 0.05) is 50.9 Å². The SMILES string of the molecule is O=C(CCNCc1ccc(-c2ccccc2)o1)N1CCN(c2ccccn2)CC1. The number of pyridine rings is 1. The standard InChI is InChI=1S/C23H26N4O2/c28-23(27-16-14-26(15-17-27)22-8-4-5-12-25-22)11-13-24-18-20-9-10-21(29-20)19-6-2-1-3-7-19/h1-10,12,24H,11,13-18H2. The number of furan rings is 1. The molecule has 29 heavy (non-hydrogen) atoms. The van der Waals surface area contributed by atoms with Crippen LogP contribution in [0.2, 0.25) is 0 Å². The van der Waals surface area contributed by atoms with Crippen LogP contribution < -0.4 is 10.2 Å². The first kappa shape index (κ1) is 19.2. The van der Waals surface area contributed by atoms with E-state index in [0.29, 0.717) is 19.5 Å². The summed E-state index contributed by atoms with van der Waals surface area (Å²) in [6.07, 6.45) is 2.30. The molecule has 1 amide bonds. The summed E-state index contributed by atoms with van der Waals surface area (Å²) in [5, 5.41) is 3.31. The molecule has 1 aromatic carbocycles. The molecule has 0 atom stereocenters. The van der Waals surface area contributed by atoms with Gasteiger partial charge in [0.2, 0.25) is 5.91 Å². The fourth-order valence-corrected chi connectivity index (χ4v) is 3.52. The van der Waals surface area contributed by atoms with Crippen LogP contribution >= 0.6 is 0 Å². The molecule has 0 aliphatic carbocycles. The number of nitrogens with zero attached hydrogens (tertiary/aromatic N) is 3. The Morgan fingerprint density at radius 3 is 2.52 bits per heavy atom. The van der Waals surface area contributed by atoms with Crippen molar-refractivity contribution < 1.29 is 9.21 Å². The number of hydrogen-bond acceptors (Lipinski definition) is 5. The average molecular weight is 390 g/mol. The van der Waals surface area contributed by atoms with Crippen molar-refractivity contribution in [1.29, 1.82) is 0 Å². The highest BCUT2D eigenvalue weighted by molar-refractivity contribution is 5.76. The van der Waals surface area contributed by atoms with Crippen LogP contribution in [0.25, 0.3) is 11.3 Å². The minimum atomic E-state index is 0.197. The summed E-state index contributed by atoms with van der Waals surface area (Å²) in [5.74, 6) is 2.92. The van der Waals surface area contributed by atoms with E-state index in [1.54, 1.807) is 6.20 Å². The van der Waals surface area contributed by atoms with E-state index in [4.69, 9.17) is 4.42 Å². The number of anilines is 1. The van der Waals surface area contributed by atoms with Crippen molar-refractivity contribution >= 4 is 11.7 Å². The lowest BCUT2D eigenvalue weighted by Gasteiger charge is -2.35. The van der Waals surface area contributed by atoms with E-state index in [0.717, 1.165) is 49.1 Å². The van der Waals surface area contributed by atoms with E-state index >= 15 is 0 Å². The normalized spacial score (nSPS) is 14.2. The zero-order valence-electron chi connectivity index (χ0n) is 16.5. The summed E-state index contributed by atoms with van der Waals surface area (Å²) in [6.45, 7) is 4.39. The van der Waals surface area contributed by atoms with Crippen molar-refractivity contribution in [3.63, 3.8) is 0 Å². The van der Waals surface area contributed by atoms with Gasteiger partial charge in [-0.05, 0) is 24.3 Å². The van der Waals surface area contributed by atoms with Gasteiger partial charge in [0.15, 0.2) is 0 Å². The Kier molecular flexibility index (Phi) is 6.22. The molecule has 6 nitrogen and oxygen atoms in total. The van der Waals surface area contributed by atoms with Gasteiger partial charge in [0.25, 0.3) is 0 Å². The molecule has 6 heteroatoms. The first-order valence-electron chi connectivity index (χ1n) is 10.1. The molecule has 1 fully saturated rings. The second-order valence-corrected chi connectivity index (χ2v) is 7.11. The van der Waals surface area contributed by atoms with Crippen molar-refractivity contribution in [1.82, 2.24) is 15.2 Å². The second kappa shape index (κ2) is 9.39. The zero-order valence-corrected chi connectivity index (χ0v) is 16.5. The third-order valence-corrected chi connectivity index (χ3v) is 5.14. The number of benzene rings is 1. The molecule has 0 radical (unpaired) electrons. The average Bonchev–Trinajstić information content (AvgIpc) is 3.27. The van der Waals surface area contributed by atoms with Gasteiger partial charge in [-0.3, -0.25) is 4.79 Å². The van der Waals surface area contributed by atoms with Gasteiger partial charge < -0.3 is 19.5 Å². The fourth-order valence-electron chi connectivity index (χ4n) is 3.52. The lowest BCUT2D eigenvalue weighted by molar-refractivity contribution is -0.131. The quantitative estimate of drug-likeness (QED) is 0.628. The topological polar surface area (TPSA) is 61.6 Å². The highest BCUT2D eigenvalue weighted by atomic mass is 16.3. The van der Waals surface area contributed by atoms with Crippen LogP contribution in [0.3, 0.4) is 0 Å². The molecule has 2 aromatic heterocycles. The Hall–Kier alpha value is -3.12. The van der Waals surface area contributed by atoms with E-state index in [1.165, 1.54) is 0 Å². The maximum Gasteiger partial charge on any atom is 0.223 e. The monoisotopic (exact) mass is 390 g/mol. The minimum absolute atomic E-state index is 0.197. The zero-order chi connectivity index (χ0) is 19.9. The Morgan fingerprint density at radius 2 is 1.76 bits per heavy atom. The first-order chi connectivity index (χ1) is 14.3. The van der Waals surface area contributed by atoms with E-state index in [-0.39, 0.29) is 5.91 Å². The third kappa shape index (κ3) is 5.03. The highest BCUT2D eigenvalue weighted by Gasteiger charge is 2.21. The third-order valence-electron chi connectivity index (χ3n) is 5.14. The number of amides is 1. The van der Waals surface area contributed by atoms with Crippen molar-refractivity contribution in [2.75, 3.05) is 37.6 Å². The van der Waals surface area contributed by atoms with Gasteiger partial charge in [-0.15, -0.1) is 0 Å². The fraction of sp³-hybridized carbons (Fsp3) is 0.304. The molecule has 3 heterocycles. The molecule has 1 N–H and O–H groups in total. The molecule has 0 unspecified atom stereocenters. The van der Waals surface area contributed by atoms with Gasteiger partial charge in [0.05, 0.1) is 6.54 Å². The number of carbonyl (C=O) groups excluding carboxylic acids is 1. The predicted molar refractivity (Wildman–Crippen MR) is 113 cm³/mol. The van der Waals surface area contributed by atoms with Crippen molar-refractivity contribution in [3.05, 3.63) is 72.6 Å². The number of hydrogen-bond donors (Lipinski definition) is 1. The van der Waals surface area contributed by atoms with Crippen LogP contribution in [0.1, 0.15) is 12.2 Å². The Bertz CT molecular complexity index is 903. The minimum Gasteiger partial charge on any atom is -0.460 e. The van der Waals surface area contributed by atoms with Gasteiger partial charge in [-0.25, -0.2) is 4.98 Å². The van der Waals surface area contributed by atoms with E-state index in [9.17, 15) is 4.79 Å². The first-order valence-corrected chi connectivity index (χ1v) is 10.1. The maximum absolute atomic E-state index is 12.5. The Morgan fingerprint density at radius 1 is 0.966 bits per heavy atom. The molecule has 0 bridgehead atoms. The van der Waals surface area contributed by atoms with Gasteiger partial charge in [-0.1, -0.05) is 36.4 Å². The van der Waals surface area contributed by atoms with Crippen LogP contribution in [0.5, 0.6) is 0 Å². The van der Waals surface area contributed by atoms with Crippen molar-refractivity contribution in [2.45, 2.75) is 13.0 Å². The number of nitrogens with one attached hydrogen (secondary N) is 1. The van der Waals surface area contributed by atoms with E-state index in [2.05, 4.69) is 15.2 Å². The lowest BCUT2D eigenvalue weighted by atomic mass is 10.2. The Balaban J connectivity index is 1.17. The number of rotatable bonds is 7. The van der Waals surface area contributed by atoms with Gasteiger partial charge in [-0.2, -0.15) is 0 Å². The molecular formula is C23H26N4O2.